The van der Waals surface area contributed by atoms with Crippen molar-refractivity contribution in [3.05, 3.63) is 4.91 Å². The summed E-state index contributed by atoms with van der Waals surface area (Å²) < 4.78 is 0. The van der Waals surface area contributed by atoms with Gasteiger partial charge >= 0.3 is 0 Å². The van der Waals surface area contributed by atoms with Crippen molar-refractivity contribution in [2.45, 2.75) is 37.8 Å². The Labute approximate surface area is 66.3 Å². The zero-order valence-electron chi connectivity index (χ0n) is 6.55. The van der Waals surface area contributed by atoms with Crippen LogP contribution in [0.2, 0.25) is 0 Å². The lowest BCUT2D eigenvalue weighted by Crippen LogP contribution is -2.40. The van der Waals surface area contributed by atoms with Crippen LogP contribution in [-0.4, -0.2) is 12.1 Å². The van der Waals surface area contributed by atoms with Crippen molar-refractivity contribution >= 4 is 0 Å². The monoisotopic (exact) mass is 154 g/mol. The molecule has 3 nitrogen and oxygen atoms in total. The fraction of sp³-hybridized carbons (Fsp3) is 1.00. The van der Waals surface area contributed by atoms with Gasteiger partial charge in [-0.3, -0.25) is 0 Å². The van der Waals surface area contributed by atoms with E-state index in [-0.39, 0.29) is 0 Å². The van der Waals surface area contributed by atoms with Gasteiger partial charge in [0.1, 0.15) is 0 Å². The number of rotatable bonds is 0. The van der Waals surface area contributed by atoms with Crippen molar-refractivity contribution in [2.24, 2.45) is 11.8 Å². The molecule has 0 aromatic rings. The zero-order valence-corrected chi connectivity index (χ0v) is 6.55. The van der Waals surface area contributed by atoms with Gasteiger partial charge in [0.25, 0.3) is 0 Å². The van der Waals surface area contributed by atoms with E-state index in [9.17, 15) is 0 Å². The molecule has 0 unspecified atom stereocenters. The minimum atomic E-state index is 0.937. The van der Waals surface area contributed by atoms with Crippen LogP contribution in [0.25, 0.3) is 0 Å². The molecule has 2 saturated heterocycles. The highest BCUT2D eigenvalue weighted by atomic mass is 16.2. The summed E-state index contributed by atoms with van der Waals surface area (Å²) in [7, 11) is 0. The average Bonchev–Trinajstić information content (AvgIpc) is 2.45. The van der Waals surface area contributed by atoms with E-state index in [1.165, 1.54) is 25.7 Å². The maximum Gasteiger partial charge on any atom is 0.00751 e. The predicted molar refractivity (Wildman–Crippen MR) is 42.2 cm³/mol. The third-order valence-corrected chi connectivity index (χ3v) is 3.49. The van der Waals surface area contributed by atoms with Gasteiger partial charge in [0.15, 0.2) is 0 Å². The van der Waals surface area contributed by atoms with E-state index in [4.69, 9.17) is 4.91 Å². The minimum absolute atomic E-state index is 0.937. The lowest BCUT2D eigenvalue weighted by atomic mass is 10.0. The van der Waals surface area contributed by atoms with E-state index in [2.05, 4.69) is 10.9 Å². The number of nitrogens with one attached hydrogen (secondary N) is 2. The fourth-order valence-corrected chi connectivity index (χ4v) is 3.22. The summed E-state index contributed by atoms with van der Waals surface area (Å²) in [4.78, 5) is 7.50. The Morgan fingerprint density at radius 3 is 1.55 bits per heavy atom. The van der Waals surface area contributed by atoms with Crippen LogP contribution in [0.1, 0.15) is 25.7 Å². The second-order valence-electron chi connectivity index (χ2n) is 4.02. The van der Waals surface area contributed by atoms with Gasteiger partial charge in [0.05, 0.1) is 0 Å². The molecule has 0 aromatic heterocycles. The summed E-state index contributed by atoms with van der Waals surface area (Å²) in [5.41, 5.74) is 4.50. The van der Waals surface area contributed by atoms with Crippen molar-refractivity contribution in [2.75, 3.05) is 0 Å². The highest BCUT2D eigenvalue weighted by Crippen LogP contribution is 2.48. The third kappa shape index (κ3) is 0.984. The van der Waals surface area contributed by atoms with Gasteiger partial charge in [-0.05, 0) is 37.5 Å². The molecule has 2 N–H and O–H groups in total. The van der Waals surface area contributed by atoms with Gasteiger partial charge in [0.2, 0.25) is 0 Å². The average molecular weight is 154 g/mol. The van der Waals surface area contributed by atoms with E-state index in [1.807, 2.05) is 0 Å². The topological polar surface area (TPSA) is 53.0 Å². The number of nitroso groups, excluding NO2 is 1. The lowest BCUT2D eigenvalue weighted by molar-refractivity contribution is 0.334. The number of hydrogen-bond acceptors (Lipinski definition) is 3. The summed E-state index contributed by atoms with van der Waals surface area (Å²) in [6.45, 7) is 0. The van der Waals surface area contributed by atoms with Crippen LogP contribution in [-0.2, 0) is 0 Å². The van der Waals surface area contributed by atoms with Crippen molar-refractivity contribution in [3.63, 3.8) is 0 Å². The molecule has 0 aromatic carbocycles. The van der Waals surface area contributed by atoms with Crippen molar-refractivity contribution in [3.8, 4) is 0 Å². The maximum absolute atomic E-state index is 7.50. The first-order valence-corrected chi connectivity index (χ1v) is 4.38. The van der Waals surface area contributed by atoms with E-state index in [1.54, 1.807) is 0 Å². The van der Waals surface area contributed by atoms with Crippen LogP contribution in [0.15, 0.2) is 0 Å². The first-order valence-electron chi connectivity index (χ1n) is 4.38. The quantitative estimate of drug-likeness (QED) is 0.519. The van der Waals surface area contributed by atoms with Gasteiger partial charge in [-0.2, -0.15) is 4.91 Å². The number of piperidine rings is 2. The molecule has 4 fully saturated rings. The molecule has 4 aliphatic rings. The van der Waals surface area contributed by atoms with Crippen LogP contribution in [0, 0.1) is 22.3 Å². The largest absolute Gasteiger partial charge is 0.311 e. The van der Waals surface area contributed by atoms with E-state index >= 15 is 0 Å². The van der Waals surface area contributed by atoms with E-state index < -0.39 is 0 Å². The third-order valence-electron chi connectivity index (χ3n) is 3.49. The minimum Gasteiger partial charge on any atom is -0.311 e. The number of hydrogen-bond donors (Lipinski definition) is 2. The predicted octanol–water partition coefficient (Wildman–Crippen LogP) is 1.48. The first kappa shape index (κ1) is 7.22. The van der Waals surface area contributed by atoms with Crippen LogP contribution in [0.4, 0.5) is 0 Å². The van der Waals surface area contributed by atoms with E-state index in [0.29, 0.717) is 0 Å². The van der Waals surface area contributed by atoms with Crippen LogP contribution in [0.3, 0.4) is 0 Å². The summed E-state index contributed by atoms with van der Waals surface area (Å²) in [5.74, 6) is 2.28. The van der Waals surface area contributed by atoms with Crippen molar-refractivity contribution < 1.29 is 0 Å². The smallest absolute Gasteiger partial charge is 0.00751 e. The molecule has 3 heteroatoms. The Morgan fingerprint density at radius 1 is 0.909 bits per heavy atom. The molecule has 4 rings (SSSR count). The first-order chi connectivity index (χ1) is 5.42. The Balaban J connectivity index is 0.000000224. The van der Waals surface area contributed by atoms with Crippen LogP contribution >= 0.6 is 0 Å². The van der Waals surface area contributed by atoms with Gasteiger partial charge in [-0.25, -0.2) is 0 Å². The molecule has 62 valence electrons. The summed E-state index contributed by atoms with van der Waals surface area (Å²) >= 11 is 0. The van der Waals surface area contributed by atoms with Crippen LogP contribution < -0.4 is 5.32 Å². The maximum atomic E-state index is 7.50. The van der Waals surface area contributed by atoms with E-state index in [0.717, 1.165) is 23.9 Å². The van der Waals surface area contributed by atoms with Gasteiger partial charge in [-0.1, -0.05) is 5.59 Å². The molecule has 2 saturated carbocycles. The molecular weight excluding hydrogens is 140 g/mol. The van der Waals surface area contributed by atoms with Crippen molar-refractivity contribution in [1.82, 2.24) is 5.32 Å². The summed E-state index contributed by atoms with van der Waals surface area (Å²) in [6.07, 6.45) is 6.00. The standard InChI is InChI=1S/C8H13N.HNO/c1-5-2-8-4-6(5)3-7(1)9-8;1-2/h5-9H,1-4H2;1H. The van der Waals surface area contributed by atoms with Crippen molar-refractivity contribution in [1.29, 1.82) is 5.59 Å². The summed E-state index contributed by atoms with van der Waals surface area (Å²) in [6, 6.07) is 1.87. The molecular formula is C8H14N2O. The second-order valence-corrected chi connectivity index (χ2v) is 4.02. The SMILES string of the molecule is C1C2CC3CC(CC13)N2.N=O. The molecule has 4 bridgehead atoms. The Bertz CT molecular complexity index is 129. The second kappa shape index (κ2) is 2.55. The highest BCUT2D eigenvalue weighted by molar-refractivity contribution is 5.03. The Morgan fingerprint density at radius 2 is 1.27 bits per heavy atom. The molecule has 0 spiro atoms. The fourth-order valence-electron chi connectivity index (χ4n) is 3.22. The van der Waals surface area contributed by atoms with Gasteiger partial charge in [-0.15, -0.1) is 0 Å². The molecule has 0 radical (unpaired) electrons. The molecule has 2 aliphatic heterocycles. The van der Waals surface area contributed by atoms with Gasteiger partial charge in [0, 0.05) is 12.1 Å². The molecule has 0 atom stereocenters. The zero-order chi connectivity index (χ0) is 7.84. The van der Waals surface area contributed by atoms with Crippen LogP contribution in [0.5, 0.6) is 0 Å². The summed E-state index contributed by atoms with van der Waals surface area (Å²) in [5, 5.41) is 3.67. The Kier molecular flexibility index (Phi) is 1.68. The molecule has 2 heterocycles. The Hall–Kier alpha value is -0.440. The normalized spacial score (nSPS) is 50.5. The lowest BCUT2D eigenvalue weighted by Gasteiger charge is -2.26. The highest BCUT2D eigenvalue weighted by Gasteiger charge is 2.46. The molecule has 2 aliphatic carbocycles. The van der Waals surface area contributed by atoms with Gasteiger partial charge < -0.3 is 5.32 Å². The molecule has 11 heavy (non-hydrogen) atoms. The molecule has 0 amide bonds.